The van der Waals surface area contributed by atoms with Crippen LogP contribution >= 0.6 is 0 Å². The van der Waals surface area contributed by atoms with Crippen LogP contribution in [0.4, 0.5) is 0 Å². The highest BCUT2D eigenvalue weighted by Gasteiger charge is 2.29. The summed E-state index contributed by atoms with van der Waals surface area (Å²) in [5.41, 5.74) is 6.05. The summed E-state index contributed by atoms with van der Waals surface area (Å²) in [6, 6.07) is 0.0404. The van der Waals surface area contributed by atoms with Crippen LogP contribution in [0.3, 0.4) is 0 Å². The lowest BCUT2D eigenvalue weighted by Crippen LogP contribution is -2.28. The van der Waals surface area contributed by atoms with Crippen molar-refractivity contribution < 1.29 is 4.52 Å². The molecule has 4 heteroatoms. The van der Waals surface area contributed by atoms with E-state index in [4.69, 9.17) is 10.3 Å². The second-order valence-electron chi connectivity index (χ2n) is 6.59. The molecule has 1 saturated carbocycles. The van der Waals surface area contributed by atoms with Crippen molar-refractivity contribution in [3.05, 3.63) is 11.7 Å². The van der Waals surface area contributed by atoms with Crippen molar-refractivity contribution in [3.8, 4) is 0 Å². The van der Waals surface area contributed by atoms with E-state index in [1.54, 1.807) is 0 Å². The molecule has 0 bridgehead atoms. The molecule has 108 valence electrons. The number of nitrogens with two attached hydrogens (primary N) is 1. The molecule has 0 radical (unpaired) electrons. The highest BCUT2D eigenvalue weighted by Crippen LogP contribution is 2.35. The van der Waals surface area contributed by atoms with Gasteiger partial charge in [-0.05, 0) is 31.6 Å². The average Bonchev–Trinajstić information content (AvgIpc) is 2.77. The third-order valence-electron chi connectivity index (χ3n) is 4.33. The molecule has 1 aromatic heterocycles. The van der Waals surface area contributed by atoms with Gasteiger partial charge in [0.1, 0.15) is 0 Å². The highest BCUT2D eigenvalue weighted by atomic mass is 16.5. The number of hydrogen-bond donors (Lipinski definition) is 1. The van der Waals surface area contributed by atoms with E-state index >= 15 is 0 Å². The van der Waals surface area contributed by atoms with Gasteiger partial charge >= 0.3 is 0 Å². The minimum atomic E-state index is 0.0404. The Morgan fingerprint density at radius 1 is 1.26 bits per heavy atom. The summed E-state index contributed by atoms with van der Waals surface area (Å²) in [6.07, 6.45) is 4.98. The van der Waals surface area contributed by atoms with Crippen molar-refractivity contribution in [2.24, 2.45) is 17.6 Å². The Hall–Kier alpha value is -0.900. The standard InChI is InChI=1S/C15H27N3O/c1-9(2)13(11(4)16)15-17-14(18-19-15)12-7-5-6-10(3)8-12/h9-13H,5-8,16H2,1-4H3. The lowest BCUT2D eigenvalue weighted by molar-refractivity contribution is 0.291. The van der Waals surface area contributed by atoms with Gasteiger partial charge in [0.05, 0.1) is 5.92 Å². The summed E-state index contributed by atoms with van der Waals surface area (Å²) in [6.45, 7) is 8.63. The molecule has 4 unspecified atom stereocenters. The van der Waals surface area contributed by atoms with Crippen LogP contribution < -0.4 is 5.73 Å². The molecule has 4 nitrogen and oxygen atoms in total. The van der Waals surface area contributed by atoms with E-state index < -0.39 is 0 Å². The third-order valence-corrected chi connectivity index (χ3v) is 4.33. The topological polar surface area (TPSA) is 64.9 Å². The predicted octanol–water partition coefficient (Wildman–Crippen LogP) is 3.45. The Balaban J connectivity index is 2.13. The van der Waals surface area contributed by atoms with Crippen molar-refractivity contribution in [1.29, 1.82) is 0 Å². The van der Waals surface area contributed by atoms with Gasteiger partial charge in [-0.1, -0.05) is 38.8 Å². The van der Waals surface area contributed by atoms with E-state index in [0.29, 0.717) is 11.8 Å². The summed E-state index contributed by atoms with van der Waals surface area (Å²) >= 11 is 0. The fraction of sp³-hybridized carbons (Fsp3) is 0.867. The monoisotopic (exact) mass is 265 g/mol. The van der Waals surface area contributed by atoms with Crippen LogP contribution in [0, 0.1) is 11.8 Å². The molecule has 1 aromatic rings. The molecule has 1 aliphatic carbocycles. The normalized spacial score (nSPS) is 27.5. The van der Waals surface area contributed by atoms with E-state index in [2.05, 4.69) is 30.9 Å². The predicted molar refractivity (Wildman–Crippen MR) is 75.9 cm³/mol. The summed E-state index contributed by atoms with van der Waals surface area (Å²) in [7, 11) is 0. The first-order valence-electron chi connectivity index (χ1n) is 7.58. The summed E-state index contributed by atoms with van der Waals surface area (Å²) in [4.78, 5) is 4.65. The van der Waals surface area contributed by atoms with Crippen LogP contribution in [0.25, 0.3) is 0 Å². The van der Waals surface area contributed by atoms with E-state index in [0.717, 1.165) is 17.6 Å². The van der Waals surface area contributed by atoms with Gasteiger partial charge in [0.2, 0.25) is 5.89 Å². The van der Waals surface area contributed by atoms with Gasteiger partial charge in [-0.2, -0.15) is 4.98 Å². The van der Waals surface area contributed by atoms with Gasteiger partial charge in [0.25, 0.3) is 0 Å². The van der Waals surface area contributed by atoms with Crippen molar-refractivity contribution in [1.82, 2.24) is 10.1 Å². The molecule has 0 saturated heterocycles. The Morgan fingerprint density at radius 3 is 2.58 bits per heavy atom. The first-order chi connectivity index (χ1) is 8.99. The van der Waals surface area contributed by atoms with Crippen LogP contribution in [0.2, 0.25) is 0 Å². The van der Waals surface area contributed by atoms with Gasteiger partial charge in [-0.25, -0.2) is 0 Å². The van der Waals surface area contributed by atoms with Gasteiger partial charge < -0.3 is 10.3 Å². The number of nitrogens with zero attached hydrogens (tertiary/aromatic N) is 2. The molecule has 0 amide bonds. The molecule has 2 rings (SSSR count). The zero-order valence-corrected chi connectivity index (χ0v) is 12.6. The SMILES string of the molecule is CC1CCCC(c2noc(C(C(C)C)C(C)N)n2)C1. The lowest BCUT2D eigenvalue weighted by atomic mass is 9.82. The van der Waals surface area contributed by atoms with E-state index in [9.17, 15) is 0 Å². The number of aromatic nitrogens is 2. The van der Waals surface area contributed by atoms with Gasteiger partial charge in [-0.15, -0.1) is 0 Å². The molecule has 0 aliphatic heterocycles. The van der Waals surface area contributed by atoms with Crippen LogP contribution in [0.1, 0.15) is 76.9 Å². The summed E-state index contributed by atoms with van der Waals surface area (Å²) in [5, 5.41) is 4.22. The highest BCUT2D eigenvalue weighted by molar-refractivity contribution is 5.03. The smallest absolute Gasteiger partial charge is 0.231 e. The van der Waals surface area contributed by atoms with Crippen molar-refractivity contribution in [2.75, 3.05) is 0 Å². The van der Waals surface area contributed by atoms with Crippen LogP contribution in [0.15, 0.2) is 4.52 Å². The van der Waals surface area contributed by atoms with E-state index in [1.807, 2.05) is 6.92 Å². The zero-order valence-electron chi connectivity index (χ0n) is 12.6. The second-order valence-corrected chi connectivity index (χ2v) is 6.59. The number of hydrogen-bond acceptors (Lipinski definition) is 4. The molecule has 1 aliphatic rings. The largest absolute Gasteiger partial charge is 0.339 e. The maximum absolute atomic E-state index is 6.05. The molecule has 2 N–H and O–H groups in total. The summed E-state index contributed by atoms with van der Waals surface area (Å²) < 4.78 is 5.50. The Bertz CT molecular complexity index is 392. The van der Waals surface area contributed by atoms with Gasteiger partial charge in [0.15, 0.2) is 5.82 Å². The fourth-order valence-electron chi connectivity index (χ4n) is 3.33. The van der Waals surface area contributed by atoms with Crippen molar-refractivity contribution in [3.63, 3.8) is 0 Å². The molecule has 0 spiro atoms. The summed E-state index contributed by atoms with van der Waals surface area (Å²) in [5.74, 6) is 3.43. The first kappa shape index (κ1) is 14.5. The maximum atomic E-state index is 6.05. The Kier molecular flexibility index (Phi) is 4.61. The average molecular weight is 265 g/mol. The molecular weight excluding hydrogens is 238 g/mol. The van der Waals surface area contributed by atoms with Gasteiger partial charge in [0, 0.05) is 12.0 Å². The van der Waals surface area contributed by atoms with Crippen LogP contribution in [-0.4, -0.2) is 16.2 Å². The van der Waals surface area contributed by atoms with E-state index in [-0.39, 0.29) is 12.0 Å². The Morgan fingerprint density at radius 2 is 2.00 bits per heavy atom. The second kappa shape index (κ2) is 6.04. The van der Waals surface area contributed by atoms with Crippen molar-refractivity contribution in [2.45, 2.75) is 71.3 Å². The first-order valence-corrected chi connectivity index (χ1v) is 7.58. The fourth-order valence-corrected chi connectivity index (χ4v) is 3.33. The van der Waals surface area contributed by atoms with Crippen LogP contribution in [-0.2, 0) is 0 Å². The Labute approximate surface area is 116 Å². The lowest BCUT2D eigenvalue weighted by Gasteiger charge is -2.24. The molecule has 19 heavy (non-hydrogen) atoms. The minimum Gasteiger partial charge on any atom is -0.339 e. The third kappa shape index (κ3) is 3.35. The van der Waals surface area contributed by atoms with Crippen molar-refractivity contribution >= 4 is 0 Å². The minimum absolute atomic E-state index is 0.0404. The maximum Gasteiger partial charge on any atom is 0.231 e. The molecular formula is C15H27N3O. The van der Waals surface area contributed by atoms with Crippen LogP contribution in [0.5, 0.6) is 0 Å². The molecule has 4 atom stereocenters. The molecule has 1 fully saturated rings. The molecule has 1 heterocycles. The van der Waals surface area contributed by atoms with Gasteiger partial charge in [-0.3, -0.25) is 0 Å². The van der Waals surface area contributed by atoms with E-state index in [1.165, 1.54) is 25.7 Å². The zero-order chi connectivity index (χ0) is 14.0. The quantitative estimate of drug-likeness (QED) is 0.905. The molecule has 0 aromatic carbocycles. The number of rotatable bonds is 4.